The lowest BCUT2D eigenvalue weighted by Gasteiger charge is -2.05. The smallest absolute Gasteiger partial charge is 0.307 e. The molecule has 0 aliphatic heterocycles. The number of nitro groups is 1. The fourth-order valence-corrected chi connectivity index (χ4v) is 1.54. The van der Waals surface area contributed by atoms with E-state index in [4.69, 9.17) is 0 Å². The highest BCUT2D eigenvalue weighted by molar-refractivity contribution is 5.94. The van der Waals surface area contributed by atoms with Crippen LogP contribution in [0, 0.1) is 21.7 Å². The number of hydrogen-bond acceptors (Lipinski definition) is 5. The van der Waals surface area contributed by atoms with Crippen LogP contribution < -0.4 is 5.32 Å². The van der Waals surface area contributed by atoms with Crippen molar-refractivity contribution in [1.29, 1.82) is 0 Å². The van der Waals surface area contributed by atoms with Gasteiger partial charge in [-0.25, -0.2) is 4.39 Å². The summed E-state index contributed by atoms with van der Waals surface area (Å²) in [5.41, 5.74) is -1.23. The van der Waals surface area contributed by atoms with Crippen molar-refractivity contribution in [1.82, 2.24) is 15.5 Å². The summed E-state index contributed by atoms with van der Waals surface area (Å²) in [5.74, 6) is -3.38. The zero-order valence-corrected chi connectivity index (χ0v) is 10.4. The van der Waals surface area contributed by atoms with Crippen LogP contribution in [0.1, 0.15) is 16.1 Å². The maximum atomic E-state index is 13.6. The highest BCUT2D eigenvalue weighted by atomic mass is 19.1. The summed E-state index contributed by atoms with van der Waals surface area (Å²) in [4.78, 5) is 21.1. The molecule has 0 fully saturated rings. The molecule has 1 amide bonds. The van der Waals surface area contributed by atoms with E-state index in [9.17, 15) is 23.7 Å². The second-order valence-electron chi connectivity index (χ2n) is 3.94. The number of aromatic nitrogens is 2. The first-order valence-electron chi connectivity index (χ1n) is 5.67. The highest BCUT2D eigenvalue weighted by Gasteiger charge is 2.21. The third-order valence-corrected chi connectivity index (χ3v) is 2.54. The summed E-state index contributed by atoms with van der Waals surface area (Å²) in [7, 11) is 0. The Morgan fingerprint density at radius 2 is 2.10 bits per heavy atom. The van der Waals surface area contributed by atoms with Gasteiger partial charge in [0, 0.05) is 6.20 Å². The van der Waals surface area contributed by atoms with Crippen LogP contribution in [0.3, 0.4) is 0 Å². The molecule has 1 N–H and O–H groups in total. The van der Waals surface area contributed by atoms with E-state index in [0.717, 1.165) is 0 Å². The number of hydrogen-bond donors (Lipinski definition) is 1. The molecule has 108 valence electrons. The molecule has 0 aliphatic carbocycles. The molecule has 1 heterocycles. The van der Waals surface area contributed by atoms with Gasteiger partial charge in [0.1, 0.15) is 5.82 Å². The minimum atomic E-state index is -1.29. The molecule has 0 saturated heterocycles. The standard InChI is InChI=1S/C12H8F2N4O3/c13-9-5-11(18(20)21)10(14)4-8(9)12(19)15-6-7-2-1-3-16-17-7/h1-5H,6H2,(H,15,19). The van der Waals surface area contributed by atoms with E-state index in [1.165, 1.54) is 6.20 Å². The molecule has 0 saturated carbocycles. The average Bonchev–Trinajstić information content (AvgIpc) is 2.47. The first-order valence-corrected chi connectivity index (χ1v) is 5.67. The second kappa shape index (κ2) is 5.99. The highest BCUT2D eigenvalue weighted by Crippen LogP contribution is 2.21. The number of rotatable bonds is 4. The van der Waals surface area contributed by atoms with Crippen LogP contribution in [-0.4, -0.2) is 21.0 Å². The molecule has 0 spiro atoms. The monoisotopic (exact) mass is 294 g/mol. The lowest BCUT2D eigenvalue weighted by Crippen LogP contribution is -2.24. The number of benzene rings is 1. The molecule has 21 heavy (non-hydrogen) atoms. The van der Waals surface area contributed by atoms with Gasteiger partial charge in [-0.05, 0) is 18.2 Å². The molecule has 0 unspecified atom stereocenters. The molecule has 9 heteroatoms. The van der Waals surface area contributed by atoms with Crippen LogP contribution in [0.15, 0.2) is 30.5 Å². The molecule has 2 rings (SSSR count). The van der Waals surface area contributed by atoms with Crippen molar-refractivity contribution >= 4 is 11.6 Å². The van der Waals surface area contributed by atoms with E-state index >= 15 is 0 Å². The molecule has 0 bridgehead atoms. The summed E-state index contributed by atoms with van der Waals surface area (Å²) in [6.45, 7) is -0.0370. The van der Waals surface area contributed by atoms with Gasteiger partial charge in [0.25, 0.3) is 5.91 Å². The topological polar surface area (TPSA) is 98.0 Å². The van der Waals surface area contributed by atoms with Gasteiger partial charge in [-0.15, -0.1) is 0 Å². The largest absolute Gasteiger partial charge is 0.346 e. The molecule has 0 radical (unpaired) electrons. The van der Waals surface area contributed by atoms with E-state index in [1.54, 1.807) is 12.1 Å². The lowest BCUT2D eigenvalue weighted by molar-refractivity contribution is -0.387. The Morgan fingerprint density at radius 1 is 1.33 bits per heavy atom. The predicted octanol–water partition coefficient (Wildman–Crippen LogP) is 1.59. The maximum absolute atomic E-state index is 13.6. The number of amides is 1. The Labute approximate surface area is 116 Å². The van der Waals surface area contributed by atoms with Gasteiger partial charge in [-0.1, -0.05) is 0 Å². The number of nitro benzene ring substituents is 1. The van der Waals surface area contributed by atoms with Crippen molar-refractivity contribution in [2.75, 3.05) is 0 Å². The van der Waals surface area contributed by atoms with Crippen LogP contribution in [-0.2, 0) is 6.54 Å². The van der Waals surface area contributed by atoms with Crippen LogP contribution in [0.25, 0.3) is 0 Å². The number of nitrogens with zero attached hydrogens (tertiary/aromatic N) is 3. The van der Waals surface area contributed by atoms with Gasteiger partial charge in [0.15, 0.2) is 0 Å². The average molecular weight is 294 g/mol. The molecule has 1 aromatic heterocycles. The predicted molar refractivity (Wildman–Crippen MR) is 66.2 cm³/mol. The van der Waals surface area contributed by atoms with Crippen LogP contribution in [0.2, 0.25) is 0 Å². The van der Waals surface area contributed by atoms with Gasteiger partial charge in [-0.2, -0.15) is 14.6 Å². The fraction of sp³-hybridized carbons (Fsp3) is 0.0833. The van der Waals surface area contributed by atoms with E-state index < -0.39 is 33.7 Å². The molecule has 0 atom stereocenters. The Balaban J connectivity index is 2.16. The molecular formula is C12H8F2N4O3. The first kappa shape index (κ1) is 14.4. The summed E-state index contributed by atoms with van der Waals surface area (Å²) in [6, 6.07) is 4.03. The van der Waals surface area contributed by atoms with Crippen molar-refractivity contribution in [2.24, 2.45) is 0 Å². The fourth-order valence-electron chi connectivity index (χ4n) is 1.54. The zero-order valence-electron chi connectivity index (χ0n) is 10.4. The Morgan fingerprint density at radius 3 is 2.71 bits per heavy atom. The Hall–Kier alpha value is -2.97. The third kappa shape index (κ3) is 3.32. The van der Waals surface area contributed by atoms with Gasteiger partial charge < -0.3 is 5.32 Å². The van der Waals surface area contributed by atoms with Crippen LogP contribution in [0.5, 0.6) is 0 Å². The number of halogens is 2. The van der Waals surface area contributed by atoms with Gasteiger partial charge in [0.2, 0.25) is 5.82 Å². The zero-order chi connectivity index (χ0) is 15.4. The molecule has 0 aliphatic rings. The van der Waals surface area contributed by atoms with Crippen molar-refractivity contribution in [3.63, 3.8) is 0 Å². The van der Waals surface area contributed by atoms with Crippen molar-refractivity contribution < 1.29 is 18.5 Å². The quantitative estimate of drug-likeness (QED) is 0.682. The van der Waals surface area contributed by atoms with Crippen molar-refractivity contribution in [3.8, 4) is 0 Å². The Bertz CT molecular complexity index is 694. The number of carbonyl (C=O) groups is 1. The second-order valence-corrected chi connectivity index (χ2v) is 3.94. The van der Waals surface area contributed by atoms with E-state index in [0.29, 0.717) is 17.8 Å². The van der Waals surface area contributed by atoms with E-state index in [2.05, 4.69) is 15.5 Å². The minimum Gasteiger partial charge on any atom is -0.346 e. The summed E-state index contributed by atoms with van der Waals surface area (Å²) >= 11 is 0. The molecule has 2 aromatic rings. The van der Waals surface area contributed by atoms with Crippen molar-refractivity contribution in [3.05, 3.63) is 63.5 Å². The van der Waals surface area contributed by atoms with Crippen LogP contribution in [0.4, 0.5) is 14.5 Å². The van der Waals surface area contributed by atoms with Gasteiger partial charge in [0.05, 0.1) is 28.8 Å². The third-order valence-electron chi connectivity index (χ3n) is 2.54. The molecule has 7 nitrogen and oxygen atoms in total. The summed E-state index contributed by atoms with van der Waals surface area (Å²) < 4.78 is 27.0. The van der Waals surface area contributed by atoms with Crippen molar-refractivity contribution in [2.45, 2.75) is 6.54 Å². The SMILES string of the molecule is O=C(NCc1cccnn1)c1cc(F)c([N+](=O)[O-])cc1F. The number of nitrogens with one attached hydrogen (secondary N) is 1. The lowest BCUT2D eigenvalue weighted by atomic mass is 10.1. The minimum absolute atomic E-state index is 0.0370. The Kier molecular flexibility index (Phi) is 4.12. The van der Waals surface area contributed by atoms with Gasteiger partial charge in [-0.3, -0.25) is 14.9 Å². The summed E-state index contributed by atoms with van der Waals surface area (Å²) in [6.07, 6.45) is 1.44. The first-order chi connectivity index (χ1) is 9.99. The van der Waals surface area contributed by atoms with Crippen LogP contribution >= 0.6 is 0 Å². The maximum Gasteiger partial charge on any atom is 0.307 e. The number of carbonyl (C=O) groups excluding carboxylic acids is 1. The van der Waals surface area contributed by atoms with E-state index in [-0.39, 0.29) is 6.54 Å². The molecule has 1 aromatic carbocycles. The normalized spacial score (nSPS) is 10.2. The van der Waals surface area contributed by atoms with E-state index in [1.807, 2.05) is 0 Å². The summed E-state index contributed by atoms with van der Waals surface area (Å²) in [5, 5.41) is 20.1. The molecular weight excluding hydrogens is 286 g/mol. The van der Waals surface area contributed by atoms with Gasteiger partial charge >= 0.3 is 5.69 Å².